The fraction of sp³-hybridized carbons (Fsp3) is 0.314. The second-order valence-corrected chi connectivity index (χ2v) is 11.1. The van der Waals surface area contributed by atoms with Crippen LogP contribution in [0.4, 0.5) is 5.69 Å². The molecule has 2 heterocycles. The van der Waals surface area contributed by atoms with Crippen LogP contribution in [0.15, 0.2) is 95.2 Å². The Kier molecular flexibility index (Phi) is 5.99. The van der Waals surface area contributed by atoms with E-state index < -0.39 is 5.72 Å². The number of anilines is 1. The maximum absolute atomic E-state index is 7.17. The van der Waals surface area contributed by atoms with Gasteiger partial charge in [-0.1, -0.05) is 36.4 Å². The zero-order valence-electron chi connectivity index (χ0n) is 22.8. The first-order valence-corrected chi connectivity index (χ1v) is 14.2. The van der Waals surface area contributed by atoms with E-state index in [0.717, 1.165) is 42.9 Å². The van der Waals surface area contributed by atoms with E-state index in [1.165, 1.54) is 52.9 Å². The molecule has 4 aliphatic rings. The minimum atomic E-state index is -0.489. The Balaban J connectivity index is 1.39. The molecule has 0 radical (unpaired) electrons. The SMILES string of the molecule is COc1ccc(/C=C2\CCCC3=C2N2c4ccccc4OC24/C(=C/c2ccc(OC)cc2)CCCC4C3)cc1. The average molecular weight is 518 g/mol. The molecule has 0 aromatic heterocycles. The molecule has 1 fully saturated rings. The Morgan fingerprint density at radius 2 is 1.49 bits per heavy atom. The summed E-state index contributed by atoms with van der Waals surface area (Å²) in [5.41, 5.74) is 8.87. The minimum absolute atomic E-state index is 0.419. The zero-order chi connectivity index (χ0) is 26.4. The van der Waals surface area contributed by atoms with E-state index in [9.17, 15) is 0 Å². The summed E-state index contributed by atoms with van der Waals surface area (Å²) >= 11 is 0. The molecule has 7 rings (SSSR count). The third-order valence-electron chi connectivity index (χ3n) is 8.91. The molecule has 0 N–H and O–H groups in total. The van der Waals surface area contributed by atoms with Crippen LogP contribution in [-0.2, 0) is 0 Å². The first-order valence-electron chi connectivity index (χ1n) is 14.2. The predicted octanol–water partition coefficient (Wildman–Crippen LogP) is 8.41. The molecule has 1 spiro atoms. The molecule has 4 nitrogen and oxygen atoms in total. The summed E-state index contributed by atoms with van der Waals surface area (Å²) in [6.45, 7) is 0. The number of hydrogen-bond donors (Lipinski definition) is 0. The molecule has 0 amide bonds. The van der Waals surface area contributed by atoms with Crippen molar-refractivity contribution in [1.29, 1.82) is 0 Å². The van der Waals surface area contributed by atoms with Crippen molar-refractivity contribution in [1.82, 2.24) is 0 Å². The molecule has 4 heteroatoms. The predicted molar refractivity (Wildman–Crippen MR) is 157 cm³/mol. The van der Waals surface area contributed by atoms with Crippen molar-refractivity contribution in [3.05, 3.63) is 106 Å². The van der Waals surface area contributed by atoms with Crippen molar-refractivity contribution in [2.75, 3.05) is 19.1 Å². The summed E-state index contributed by atoms with van der Waals surface area (Å²) in [6.07, 6.45) is 12.7. The van der Waals surface area contributed by atoms with Gasteiger partial charge in [-0.2, -0.15) is 0 Å². The lowest BCUT2D eigenvalue weighted by atomic mass is 9.68. The third-order valence-corrected chi connectivity index (χ3v) is 8.91. The van der Waals surface area contributed by atoms with Crippen LogP contribution in [-0.4, -0.2) is 19.9 Å². The standard InChI is InChI=1S/C35H35NO3/c1-37-30-17-13-24(14-18-30)21-26-7-5-8-27-23-29-10-6-9-28(22-25-15-19-31(38-2)20-16-25)35(29)36(34(26)27)32-11-3-4-12-33(32)39-35/h3-4,11-22,29H,5-10,23H2,1-2H3/b26-21+,28-22+. The highest BCUT2D eigenvalue weighted by atomic mass is 16.5. The van der Waals surface area contributed by atoms with Crippen molar-refractivity contribution in [3.63, 3.8) is 0 Å². The third kappa shape index (κ3) is 3.96. The van der Waals surface area contributed by atoms with E-state index in [1.54, 1.807) is 19.8 Å². The fourth-order valence-corrected chi connectivity index (χ4v) is 7.17. The summed E-state index contributed by atoms with van der Waals surface area (Å²) < 4.78 is 18.0. The summed E-state index contributed by atoms with van der Waals surface area (Å²) in [5.74, 6) is 3.18. The number of para-hydroxylation sites is 2. The highest BCUT2D eigenvalue weighted by molar-refractivity contribution is 5.78. The molecule has 2 aliphatic carbocycles. The quantitative estimate of drug-likeness (QED) is 0.348. The molecule has 198 valence electrons. The molecule has 3 aromatic rings. The van der Waals surface area contributed by atoms with Crippen LogP contribution < -0.4 is 19.1 Å². The molecule has 0 saturated heterocycles. The summed E-state index contributed by atoms with van der Waals surface area (Å²) in [4.78, 5) is 2.61. The van der Waals surface area contributed by atoms with Gasteiger partial charge in [-0.25, -0.2) is 0 Å². The van der Waals surface area contributed by atoms with E-state index in [-0.39, 0.29) is 0 Å². The Bertz CT molecular complexity index is 1480. The van der Waals surface area contributed by atoms with Gasteiger partial charge in [0.15, 0.2) is 0 Å². The summed E-state index contributed by atoms with van der Waals surface area (Å²) in [7, 11) is 3.43. The highest BCUT2D eigenvalue weighted by Crippen LogP contribution is 2.61. The van der Waals surface area contributed by atoms with E-state index in [0.29, 0.717) is 5.92 Å². The molecule has 2 atom stereocenters. The fourth-order valence-electron chi connectivity index (χ4n) is 7.17. The van der Waals surface area contributed by atoms with E-state index in [1.807, 2.05) is 24.3 Å². The van der Waals surface area contributed by atoms with Gasteiger partial charge >= 0.3 is 0 Å². The summed E-state index contributed by atoms with van der Waals surface area (Å²) in [6, 6.07) is 25.5. The van der Waals surface area contributed by atoms with E-state index >= 15 is 0 Å². The molecule has 0 bridgehead atoms. The average Bonchev–Trinajstić information content (AvgIpc) is 3.33. The molecule has 2 unspecified atom stereocenters. The maximum Gasteiger partial charge on any atom is 0.213 e. The number of nitrogens with zero attached hydrogens (tertiary/aromatic N) is 1. The van der Waals surface area contributed by atoms with Crippen LogP contribution in [0.1, 0.15) is 56.1 Å². The van der Waals surface area contributed by atoms with Crippen LogP contribution in [0.2, 0.25) is 0 Å². The first-order chi connectivity index (χ1) is 19.2. The maximum atomic E-state index is 7.17. The second kappa shape index (κ2) is 9.68. The van der Waals surface area contributed by atoms with Crippen molar-refractivity contribution >= 4 is 17.8 Å². The summed E-state index contributed by atoms with van der Waals surface area (Å²) in [5, 5.41) is 0. The zero-order valence-corrected chi connectivity index (χ0v) is 22.8. The van der Waals surface area contributed by atoms with Crippen molar-refractivity contribution in [3.8, 4) is 17.2 Å². The number of allylic oxidation sites excluding steroid dienone is 2. The number of methoxy groups -OCH3 is 2. The van der Waals surface area contributed by atoms with Gasteiger partial charge in [0.1, 0.15) is 17.2 Å². The van der Waals surface area contributed by atoms with E-state index in [2.05, 4.69) is 65.6 Å². The Morgan fingerprint density at radius 3 is 2.21 bits per heavy atom. The molecular weight excluding hydrogens is 482 g/mol. The Hall–Kier alpha value is -3.92. The lowest BCUT2D eigenvalue weighted by molar-refractivity contribution is 0.0353. The number of fused-ring (bicyclic) bond motifs is 3. The van der Waals surface area contributed by atoms with Crippen LogP contribution in [0.3, 0.4) is 0 Å². The van der Waals surface area contributed by atoms with Crippen molar-refractivity contribution in [2.45, 2.75) is 50.7 Å². The Morgan fingerprint density at radius 1 is 0.795 bits per heavy atom. The highest BCUT2D eigenvalue weighted by Gasteiger charge is 2.59. The van der Waals surface area contributed by atoms with Gasteiger partial charge in [0, 0.05) is 11.6 Å². The van der Waals surface area contributed by atoms with Crippen LogP contribution in [0, 0.1) is 5.92 Å². The largest absolute Gasteiger partial charge is 0.497 e. The second-order valence-electron chi connectivity index (χ2n) is 11.1. The van der Waals surface area contributed by atoms with Crippen molar-refractivity contribution in [2.24, 2.45) is 5.92 Å². The lowest BCUT2D eigenvalue weighted by Crippen LogP contribution is -2.60. The smallest absolute Gasteiger partial charge is 0.213 e. The van der Waals surface area contributed by atoms with Crippen LogP contribution in [0.5, 0.6) is 17.2 Å². The van der Waals surface area contributed by atoms with Gasteiger partial charge in [0.05, 0.1) is 19.9 Å². The molecule has 1 saturated carbocycles. The molecule has 39 heavy (non-hydrogen) atoms. The number of benzene rings is 3. The Labute approximate surface area is 231 Å². The van der Waals surface area contributed by atoms with Gasteiger partial charge in [0.2, 0.25) is 5.72 Å². The van der Waals surface area contributed by atoms with Gasteiger partial charge in [0.25, 0.3) is 0 Å². The number of rotatable bonds is 4. The van der Waals surface area contributed by atoms with Crippen molar-refractivity contribution < 1.29 is 14.2 Å². The normalized spacial score (nSPS) is 25.5. The van der Waals surface area contributed by atoms with Gasteiger partial charge in [-0.15, -0.1) is 0 Å². The van der Waals surface area contributed by atoms with Crippen LogP contribution in [0.25, 0.3) is 12.2 Å². The monoisotopic (exact) mass is 517 g/mol. The topological polar surface area (TPSA) is 30.9 Å². The van der Waals surface area contributed by atoms with Gasteiger partial charge < -0.3 is 14.2 Å². The first kappa shape index (κ1) is 24.1. The van der Waals surface area contributed by atoms with Gasteiger partial charge in [-0.05, 0) is 121 Å². The minimum Gasteiger partial charge on any atom is -0.497 e. The molecule has 3 aromatic carbocycles. The van der Waals surface area contributed by atoms with Crippen LogP contribution >= 0.6 is 0 Å². The molecular formula is C35H35NO3. The lowest BCUT2D eigenvalue weighted by Gasteiger charge is -2.53. The van der Waals surface area contributed by atoms with E-state index in [4.69, 9.17) is 14.2 Å². The number of hydrogen-bond acceptors (Lipinski definition) is 4. The molecule has 2 aliphatic heterocycles. The van der Waals surface area contributed by atoms with Gasteiger partial charge in [-0.3, -0.25) is 4.90 Å². The number of ether oxygens (including phenoxy) is 3.